The van der Waals surface area contributed by atoms with Gasteiger partial charge in [-0.25, -0.2) is 0 Å². The van der Waals surface area contributed by atoms with Gasteiger partial charge in [-0.15, -0.1) is 0 Å². The fourth-order valence-electron chi connectivity index (χ4n) is 2.89. The van der Waals surface area contributed by atoms with Crippen molar-refractivity contribution in [3.05, 3.63) is 47.1 Å². The molecule has 3 rings (SSSR count). The first-order valence-electron chi connectivity index (χ1n) is 7.57. The van der Waals surface area contributed by atoms with Crippen molar-refractivity contribution < 1.29 is 22.5 Å². The van der Waals surface area contributed by atoms with E-state index in [9.17, 15) is 18.0 Å². The molecular weight excluding hydrogens is 323 g/mol. The molecule has 1 aromatic carbocycles. The minimum Gasteiger partial charge on any atom is -0.342 e. The van der Waals surface area contributed by atoms with Crippen LogP contribution in [0.4, 0.5) is 13.2 Å². The molecule has 24 heavy (non-hydrogen) atoms. The molecule has 0 bridgehead atoms. The maximum absolute atomic E-state index is 13.0. The number of likely N-dealkylation sites (tertiary alicyclic amines) is 1. The second kappa shape index (κ2) is 6.26. The van der Waals surface area contributed by atoms with Gasteiger partial charge in [0.1, 0.15) is 0 Å². The molecule has 8 heteroatoms. The molecule has 2 aromatic rings. The molecule has 1 amide bonds. The summed E-state index contributed by atoms with van der Waals surface area (Å²) in [5.41, 5.74) is -0.770. The lowest BCUT2D eigenvalue weighted by Gasteiger charge is -2.18. The highest BCUT2D eigenvalue weighted by Crippen LogP contribution is 2.33. The smallest absolute Gasteiger partial charge is 0.342 e. The molecule has 128 valence electrons. The largest absolute Gasteiger partial charge is 0.416 e. The van der Waals surface area contributed by atoms with E-state index in [-0.39, 0.29) is 23.8 Å². The van der Waals surface area contributed by atoms with Crippen LogP contribution in [0.5, 0.6) is 0 Å². The van der Waals surface area contributed by atoms with Gasteiger partial charge >= 0.3 is 6.18 Å². The number of hydrogen-bond donors (Lipinski definition) is 0. The summed E-state index contributed by atoms with van der Waals surface area (Å²) in [6, 6.07) is 5.17. The van der Waals surface area contributed by atoms with Gasteiger partial charge in [-0.05, 0) is 25.0 Å². The van der Waals surface area contributed by atoms with Crippen LogP contribution in [0.2, 0.25) is 0 Å². The average molecular weight is 339 g/mol. The summed E-state index contributed by atoms with van der Waals surface area (Å²) in [4.78, 5) is 18.1. The van der Waals surface area contributed by atoms with E-state index in [2.05, 4.69) is 10.1 Å². The Bertz CT molecular complexity index is 742. The molecule has 1 aliphatic heterocycles. The molecule has 0 radical (unpaired) electrons. The third-order valence-corrected chi connectivity index (χ3v) is 4.10. The van der Waals surface area contributed by atoms with Crippen LogP contribution in [0.3, 0.4) is 0 Å². The van der Waals surface area contributed by atoms with Crippen LogP contribution in [-0.2, 0) is 17.4 Å². The zero-order valence-electron chi connectivity index (χ0n) is 13.0. The van der Waals surface area contributed by atoms with Crippen LogP contribution >= 0.6 is 0 Å². The summed E-state index contributed by atoms with van der Waals surface area (Å²) in [5.74, 6) is 0.603. The Morgan fingerprint density at radius 2 is 2.12 bits per heavy atom. The van der Waals surface area contributed by atoms with Crippen LogP contribution in [0.1, 0.15) is 35.2 Å². The minimum atomic E-state index is -4.47. The molecule has 0 unspecified atom stereocenters. The standard InChI is InChI=1S/C16H16F3N3O2/c1-10-20-15(24-21-10)12-6-7-22(9-12)14(23)8-11-4-2-3-5-13(11)16(17,18)19/h2-5,12H,6-9H2,1H3/t12-/m1/s1. The third-order valence-electron chi connectivity index (χ3n) is 4.10. The summed E-state index contributed by atoms with van der Waals surface area (Å²) in [5, 5.41) is 3.72. The molecule has 1 atom stereocenters. The maximum Gasteiger partial charge on any atom is 0.416 e. The van der Waals surface area contributed by atoms with Crippen LogP contribution in [-0.4, -0.2) is 34.0 Å². The fourth-order valence-corrected chi connectivity index (χ4v) is 2.89. The van der Waals surface area contributed by atoms with E-state index in [0.29, 0.717) is 31.2 Å². The predicted molar refractivity (Wildman–Crippen MR) is 78.1 cm³/mol. The highest BCUT2D eigenvalue weighted by Gasteiger charge is 2.35. The Hall–Kier alpha value is -2.38. The highest BCUT2D eigenvalue weighted by atomic mass is 19.4. The zero-order chi connectivity index (χ0) is 17.3. The Morgan fingerprint density at radius 3 is 2.79 bits per heavy atom. The topological polar surface area (TPSA) is 59.2 Å². The molecule has 2 heterocycles. The lowest BCUT2D eigenvalue weighted by atomic mass is 10.0. The van der Waals surface area contributed by atoms with Crippen LogP contribution in [0.25, 0.3) is 0 Å². The van der Waals surface area contributed by atoms with E-state index >= 15 is 0 Å². The van der Waals surface area contributed by atoms with Gasteiger partial charge in [0, 0.05) is 13.1 Å². The van der Waals surface area contributed by atoms with E-state index in [0.717, 1.165) is 6.07 Å². The summed E-state index contributed by atoms with van der Waals surface area (Å²) in [6.07, 6.45) is -4.08. The Balaban J connectivity index is 1.69. The molecule has 1 aliphatic rings. The molecule has 1 aromatic heterocycles. The van der Waals surface area contributed by atoms with Crippen LogP contribution < -0.4 is 0 Å². The first-order valence-corrected chi connectivity index (χ1v) is 7.57. The van der Waals surface area contributed by atoms with Crippen molar-refractivity contribution in [2.75, 3.05) is 13.1 Å². The van der Waals surface area contributed by atoms with Crippen molar-refractivity contribution in [1.82, 2.24) is 15.0 Å². The second-order valence-electron chi connectivity index (χ2n) is 5.84. The minimum absolute atomic E-state index is 0.00733. The zero-order valence-corrected chi connectivity index (χ0v) is 13.0. The number of aryl methyl sites for hydroxylation is 1. The van der Waals surface area contributed by atoms with Crippen molar-refractivity contribution in [2.45, 2.75) is 31.9 Å². The van der Waals surface area contributed by atoms with Crippen LogP contribution in [0.15, 0.2) is 28.8 Å². The molecular formula is C16H16F3N3O2. The highest BCUT2D eigenvalue weighted by molar-refractivity contribution is 5.79. The molecule has 0 aliphatic carbocycles. The number of rotatable bonds is 3. The number of carbonyl (C=O) groups excluding carboxylic acids is 1. The quantitative estimate of drug-likeness (QED) is 0.863. The van der Waals surface area contributed by atoms with E-state index in [1.54, 1.807) is 11.8 Å². The molecule has 0 saturated carbocycles. The molecule has 5 nitrogen and oxygen atoms in total. The Kier molecular flexibility index (Phi) is 4.29. The van der Waals surface area contributed by atoms with Gasteiger partial charge < -0.3 is 9.42 Å². The molecule has 1 saturated heterocycles. The van der Waals surface area contributed by atoms with Crippen LogP contribution in [0, 0.1) is 6.92 Å². The fraction of sp³-hybridized carbons (Fsp3) is 0.438. The van der Waals surface area contributed by atoms with Gasteiger partial charge in [0.2, 0.25) is 11.8 Å². The molecule has 0 N–H and O–H groups in total. The third kappa shape index (κ3) is 3.42. The van der Waals surface area contributed by atoms with Crippen molar-refractivity contribution in [2.24, 2.45) is 0 Å². The first-order chi connectivity index (χ1) is 11.3. The van der Waals surface area contributed by atoms with E-state index in [4.69, 9.17) is 4.52 Å². The van der Waals surface area contributed by atoms with Crippen molar-refractivity contribution in [1.29, 1.82) is 0 Å². The summed E-state index contributed by atoms with van der Waals surface area (Å²) in [6.45, 7) is 2.56. The van der Waals surface area contributed by atoms with E-state index < -0.39 is 11.7 Å². The lowest BCUT2D eigenvalue weighted by molar-refractivity contribution is -0.138. The predicted octanol–water partition coefficient (Wildman–Crippen LogP) is 2.96. The SMILES string of the molecule is Cc1noc([C@@H]2CCN(C(=O)Cc3ccccc3C(F)(F)F)C2)n1. The van der Waals surface area contributed by atoms with Crippen molar-refractivity contribution >= 4 is 5.91 Å². The van der Waals surface area contributed by atoms with E-state index in [1.807, 2.05) is 0 Å². The summed E-state index contributed by atoms with van der Waals surface area (Å²) >= 11 is 0. The first kappa shape index (κ1) is 16.5. The Morgan fingerprint density at radius 1 is 1.38 bits per heavy atom. The van der Waals surface area contributed by atoms with E-state index in [1.165, 1.54) is 18.2 Å². The number of carbonyl (C=O) groups is 1. The summed E-state index contributed by atoms with van der Waals surface area (Å²) < 4.78 is 44.1. The van der Waals surface area contributed by atoms with Gasteiger partial charge in [-0.2, -0.15) is 18.2 Å². The number of benzene rings is 1. The maximum atomic E-state index is 13.0. The number of alkyl halides is 3. The number of halogens is 3. The number of nitrogens with zero attached hydrogens (tertiary/aromatic N) is 3. The van der Waals surface area contributed by atoms with Gasteiger partial charge in [-0.3, -0.25) is 4.79 Å². The number of aromatic nitrogens is 2. The lowest BCUT2D eigenvalue weighted by Crippen LogP contribution is -2.30. The van der Waals surface area contributed by atoms with Crippen molar-refractivity contribution in [3.63, 3.8) is 0 Å². The normalized spacial score (nSPS) is 18.2. The average Bonchev–Trinajstić information content (AvgIpc) is 3.15. The van der Waals surface area contributed by atoms with Gasteiger partial charge in [0.15, 0.2) is 5.82 Å². The van der Waals surface area contributed by atoms with Gasteiger partial charge in [-0.1, -0.05) is 23.4 Å². The molecule has 1 fully saturated rings. The Labute approximate surface area is 136 Å². The number of amides is 1. The van der Waals surface area contributed by atoms with Gasteiger partial charge in [0.25, 0.3) is 0 Å². The monoisotopic (exact) mass is 339 g/mol. The summed E-state index contributed by atoms with van der Waals surface area (Å²) in [7, 11) is 0. The number of hydrogen-bond acceptors (Lipinski definition) is 4. The second-order valence-corrected chi connectivity index (χ2v) is 5.84. The van der Waals surface area contributed by atoms with Crippen molar-refractivity contribution in [3.8, 4) is 0 Å². The molecule has 0 spiro atoms. The van der Waals surface area contributed by atoms with Gasteiger partial charge in [0.05, 0.1) is 17.9 Å².